The standard InChI is InChI=1S/C15H21N5/c1-12(2)3-9-17-15-18-10-6-14(20-15)19-11-13-4-7-16-8-5-13/h4-8,10,12H,3,9,11H2,1-2H3,(H2,17,18,19,20). The quantitative estimate of drug-likeness (QED) is 0.810. The molecule has 0 aliphatic heterocycles. The first kappa shape index (κ1) is 14.2. The summed E-state index contributed by atoms with van der Waals surface area (Å²) in [4.78, 5) is 12.7. The molecule has 5 heteroatoms. The number of pyridine rings is 1. The van der Waals surface area contributed by atoms with E-state index in [4.69, 9.17) is 0 Å². The summed E-state index contributed by atoms with van der Waals surface area (Å²) < 4.78 is 0. The predicted octanol–water partition coefficient (Wildman–Crippen LogP) is 2.94. The minimum Gasteiger partial charge on any atom is -0.366 e. The van der Waals surface area contributed by atoms with Crippen LogP contribution in [0.25, 0.3) is 0 Å². The van der Waals surface area contributed by atoms with Gasteiger partial charge < -0.3 is 10.6 Å². The second-order valence-corrected chi connectivity index (χ2v) is 5.08. The Hall–Kier alpha value is -2.17. The van der Waals surface area contributed by atoms with Gasteiger partial charge in [-0.25, -0.2) is 4.98 Å². The van der Waals surface area contributed by atoms with Crippen molar-refractivity contribution in [2.24, 2.45) is 5.92 Å². The average Bonchev–Trinajstić information content (AvgIpc) is 2.46. The Kier molecular flexibility index (Phi) is 5.29. The van der Waals surface area contributed by atoms with Gasteiger partial charge in [0.1, 0.15) is 5.82 Å². The fourth-order valence-corrected chi connectivity index (χ4v) is 1.71. The molecule has 0 aliphatic carbocycles. The zero-order valence-electron chi connectivity index (χ0n) is 12.0. The Labute approximate surface area is 119 Å². The largest absolute Gasteiger partial charge is 0.366 e. The van der Waals surface area contributed by atoms with Crippen LogP contribution in [-0.2, 0) is 6.54 Å². The molecule has 0 bridgehead atoms. The van der Waals surface area contributed by atoms with Gasteiger partial charge in [0.25, 0.3) is 0 Å². The Balaban J connectivity index is 1.86. The number of hydrogen-bond donors (Lipinski definition) is 2. The molecule has 0 radical (unpaired) electrons. The van der Waals surface area contributed by atoms with E-state index >= 15 is 0 Å². The van der Waals surface area contributed by atoms with Crippen LogP contribution < -0.4 is 10.6 Å². The fraction of sp³-hybridized carbons (Fsp3) is 0.400. The molecule has 2 heterocycles. The summed E-state index contributed by atoms with van der Waals surface area (Å²) >= 11 is 0. The lowest BCUT2D eigenvalue weighted by Gasteiger charge is -2.09. The molecule has 2 rings (SSSR count). The molecule has 0 fully saturated rings. The SMILES string of the molecule is CC(C)CCNc1nccc(NCc2ccncc2)n1. The van der Waals surface area contributed by atoms with Crippen molar-refractivity contribution in [3.05, 3.63) is 42.4 Å². The molecule has 2 N–H and O–H groups in total. The van der Waals surface area contributed by atoms with E-state index in [1.807, 2.05) is 18.2 Å². The number of nitrogens with zero attached hydrogens (tertiary/aromatic N) is 3. The van der Waals surface area contributed by atoms with Crippen LogP contribution in [0.3, 0.4) is 0 Å². The monoisotopic (exact) mass is 271 g/mol. The second kappa shape index (κ2) is 7.43. The van der Waals surface area contributed by atoms with Gasteiger partial charge in [0.05, 0.1) is 0 Å². The second-order valence-electron chi connectivity index (χ2n) is 5.08. The molecule has 106 valence electrons. The van der Waals surface area contributed by atoms with Gasteiger partial charge in [0.2, 0.25) is 5.95 Å². The molecule has 2 aromatic rings. The van der Waals surface area contributed by atoms with E-state index in [1.165, 1.54) is 5.56 Å². The maximum Gasteiger partial charge on any atom is 0.224 e. The molecule has 20 heavy (non-hydrogen) atoms. The van der Waals surface area contributed by atoms with Gasteiger partial charge in [0.15, 0.2) is 0 Å². The van der Waals surface area contributed by atoms with E-state index in [0.717, 1.165) is 25.3 Å². The summed E-state index contributed by atoms with van der Waals surface area (Å²) in [5, 5.41) is 6.52. The lowest BCUT2D eigenvalue weighted by molar-refractivity contribution is 0.606. The van der Waals surface area contributed by atoms with Gasteiger partial charge in [-0.3, -0.25) is 4.98 Å². The van der Waals surface area contributed by atoms with Gasteiger partial charge in [0, 0.05) is 31.7 Å². The highest BCUT2D eigenvalue weighted by atomic mass is 15.1. The molecular weight excluding hydrogens is 250 g/mol. The van der Waals surface area contributed by atoms with Crippen molar-refractivity contribution in [2.75, 3.05) is 17.2 Å². The lowest BCUT2D eigenvalue weighted by atomic mass is 10.1. The van der Waals surface area contributed by atoms with Crippen molar-refractivity contribution in [3.8, 4) is 0 Å². The van der Waals surface area contributed by atoms with Crippen LogP contribution in [0.15, 0.2) is 36.8 Å². The minimum atomic E-state index is 0.672. The first-order valence-corrected chi connectivity index (χ1v) is 6.94. The van der Waals surface area contributed by atoms with E-state index in [-0.39, 0.29) is 0 Å². The third-order valence-corrected chi connectivity index (χ3v) is 2.88. The molecule has 0 aliphatic rings. The van der Waals surface area contributed by atoms with Crippen molar-refractivity contribution in [1.29, 1.82) is 0 Å². The summed E-state index contributed by atoms with van der Waals surface area (Å²) in [5.41, 5.74) is 1.17. The highest BCUT2D eigenvalue weighted by Gasteiger charge is 2.00. The molecule has 0 spiro atoms. The summed E-state index contributed by atoms with van der Waals surface area (Å²) in [7, 11) is 0. The maximum absolute atomic E-state index is 4.44. The molecule has 0 saturated carbocycles. The summed E-state index contributed by atoms with van der Waals surface area (Å²) in [6.45, 7) is 6.03. The number of hydrogen-bond acceptors (Lipinski definition) is 5. The Bertz CT molecular complexity index is 513. The van der Waals surface area contributed by atoms with Gasteiger partial charge in [-0.2, -0.15) is 4.98 Å². The number of rotatable bonds is 7. The van der Waals surface area contributed by atoms with Gasteiger partial charge in [-0.1, -0.05) is 13.8 Å². The highest BCUT2D eigenvalue weighted by molar-refractivity contribution is 5.40. The number of anilines is 2. The molecule has 5 nitrogen and oxygen atoms in total. The van der Waals surface area contributed by atoms with Crippen molar-refractivity contribution >= 4 is 11.8 Å². The summed E-state index contributed by atoms with van der Waals surface area (Å²) in [6.07, 6.45) is 6.45. The van der Waals surface area contributed by atoms with Crippen molar-refractivity contribution in [1.82, 2.24) is 15.0 Å². The average molecular weight is 271 g/mol. The van der Waals surface area contributed by atoms with Crippen LogP contribution >= 0.6 is 0 Å². The predicted molar refractivity (Wildman–Crippen MR) is 81.5 cm³/mol. The van der Waals surface area contributed by atoms with E-state index in [2.05, 4.69) is 39.4 Å². The zero-order valence-corrected chi connectivity index (χ0v) is 12.0. The summed E-state index contributed by atoms with van der Waals surface area (Å²) in [6, 6.07) is 5.83. The van der Waals surface area contributed by atoms with E-state index in [1.54, 1.807) is 18.6 Å². The van der Waals surface area contributed by atoms with Crippen molar-refractivity contribution in [3.63, 3.8) is 0 Å². The number of aromatic nitrogens is 3. The highest BCUT2D eigenvalue weighted by Crippen LogP contribution is 2.08. The van der Waals surface area contributed by atoms with Crippen LogP contribution in [0.4, 0.5) is 11.8 Å². The van der Waals surface area contributed by atoms with Crippen molar-refractivity contribution < 1.29 is 0 Å². The van der Waals surface area contributed by atoms with E-state index < -0.39 is 0 Å². The molecule has 0 amide bonds. The Morgan fingerprint density at radius 3 is 2.60 bits per heavy atom. The topological polar surface area (TPSA) is 62.7 Å². The smallest absolute Gasteiger partial charge is 0.224 e. The van der Waals surface area contributed by atoms with Crippen LogP contribution in [0, 0.1) is 5.92 Å². The Morgan fingerprint density at radius 2 is 1.85 bits per heavy atom. The van der Waals surface area contributed by atoms with Crippen LogP contribution in [0.2, 0.25) is 0 Å². The molecule has 0 atom stereocenters. The minimum absolute atomic E-state index is 0.672. The van der Waals surface area contributed by atoms with Crippen molar-refractivity contribution in [2.45, 2.75) is 26.8 Å². The first-order valence-electron chi connectivity index (χ1n) is 6.94. The van der Waals surface area contributed by atoms with Gasteiger partial charge >= 0.3 is 0 Å². The van der Waals surface area contributed by atoms with Crippen LogP contribution in [-0.4, -0.2) is 21.5 Å². The summed E-state index contributed by atoms with van der Waals surface area (Å²) in [5.74, 6) is 2.17. The third kappa shape index (κ3) is 4.84. The molecule has 0 saturated heterocycles. The number of nitrogens with one attached hydrogen (secondary N) is 2. The van der Waals surface area contributed by atoms with E-state index in [9.17, 15) is 0 Å². The van der Waals surface area contributed by atoms with Crippen LogP contribution in [0.5, 0.6) is 0 Å². The van der Waals surface area contributed by atoms with Gasteiger partial charge in [-0.15, -0.1) is 0 Å². The zero-order chi connectivity index (χ0) is 14.2. The first-order chi connectivity index (χ1) is 9.74. The molecule has 0 aromatic carbocycles. The fourth-order valence-electron chi connectivity index (χ4n) is 1.71. The third-order valence-electron chi connectivity index (χ3n) is 2.88. The Morgan fingerprint density at radius 1 is 1.05 bits per heavy atom. The van der Waals surface area contributed by atoms with E-state index in [0.29, 0.717) is 11.9 Å². The molecule has 2 aromatic heterocycles. The maximum atomic E-state index is 4.44. The lowest BCUT2D eigenvalue weighted by Crippen LogP contribution is -2.09. The molecular formula is C15H21N5. The molecule has 0 unspecified atom stereocenters. The van der Waals surface area contributed by atoms with Crippen LogP contribution in [0.1, 0.15) is 25.8 Å². The normalized spacial score (nSPS) is 10.6. The van der Waals surface area contributed by atoms with Gasteiger partial charge in [-0.05, 0) is 36.1 Å².